The summed E-state index contributed by atoms with van der Waals surface area (Å²) in [6.45, 7) is 8.87. The average molecular weight is 835 g/mol. The number of piperazine rings is 2. The lowest BCUT2D eigenvalue weighted by molar-refractivity contribution is -0.133. The van der Waals surface area contributed by atoms with Gasteiger partial charge in [0.2, 0.25) is 11.8 Å². The van der Waals surface area contributed by atoms with E-state index in [1.54, 1.807) is 18.7 Å². The number of amides is 2. The maximum absolute atomic E-state index is 14.4. The Morgan fingerprint density at radius 2 is 1.10 bits per heavy atom. The summed E-state index contributed by atoms with van der Waals surface area (Å²) >= 11 is 0. The van der Waals surface area contributed by atoms with E-state index in [0.717, 1.165) is 51.3 Å². The van der Waals surface area contributed by atoms with Crippen LogP contribution in [-0.2, 0) is 35.5 Å². The third-order valence-corrected chi connectivity index (χ3v) is 12.4. The first-order valence-electron chi connectivity index (χ1n) is 20.5. The number of benzene rings is 4. The van der Waals surface area contributed by atoms with E-state index in [0.29, 0.717) is 36.8 Å². The molecule has 0 radical (unpaired) electrons. The van der Waals surface area contributed by atoms with E-state index < -0.39 is 34.4 Å². The summed E-state index contributed by atoms with van der Waals surface area (Å²) in [5, 5.41) is 0.0458. The van der Waals surface area contributed by atoms with Crippen molar-refractivity contribution < 1.29 is 27.2 Å². The molecule has 9 rings (SSSR count). The summed E-state index contributed by atoms with van der Waals surface area (Å²) in [7, 11) is 0. The number of nitrogens with zero attached hydrogens (tertiary/aromatic N) is 4. The van der Waals surface area contributed by atoms with Crippen LogP contribution in [0, 0.1) is 37.1 Å². The van der Waals surface area contributed by atoms with Gasteiger partial charge in [-0.05, 0) is 66.8 Å². The molecule has 0 spiro atoms. The molecular weight excluding hydrogens is 789 g/mol. The Labute approximate surface area is 349 Å². The van der Waals surface area contributed by atoms with Crippen molar-refractivity contribution in [2.75, 3.05) is 39.3 Å². The van der Waals surface area contributed by atoms with Crippen molar-refractivity contribution in [1.82, 2.24) is 29.6 Å². The number of carbonyl (C=O) groups is 2. The molecule has 5 heterocycles. The van der Waals surface area contributed by atoms with Crippen LogP contribution in [0.15, 0.2) is 94.5 Å². The lowest BCUT2D eigenvalue weighted by Crippen LogP contribution is -2.49. The number of fused-ring (bicyclic) bond motifs is 4. The van der Waals surface area contributed by atoms with E-state index in [9.17, 15) is 36.7 Å². The SMILES string of the molecule is Cc1c(CC(=O)N2CCN(Cc3ccccc3)CC2)c(=O)[nH]c2ccc(F)c(F)c12.Cc1c(CC(=O)N2C[C@H]3C[C@@H]2CN3Cc2ccccc2)c(=O)[nH]c2ccc(F)c(F)c12. The van der Waals surface area contributed by atoms with Crippen LogP contribution in [0.2, 0.25) is 0 Å². The molecular formula is C47H46F4N6O4. The summed E-state index contributed by atoms with van der Waals surface area (Å²) in [6, 6.07) is 25.5. The number of halogens is 4. The predicted octanol–water partition coefficient (Wildman–Crippen LogP) is 6.14. The molecule has 3 fully saturated rings. The molecule has 2 bridgehead atoms. The summed E-state index contributed by atoms with van der Waals surface area (Å²) in [4.78, 5) is 64.3. The molecule has 2 amide bonds. The molecule has 14 heteroatoms. The van der Waals surface area contributed by atoms with Crippen LogP contribution in [0.25, 0.3) is 21.8 Å². The van der Waals surface area contributed by atoms with Crippen LogP contribution < -0.4 is 11.1 Å². The number of pyridine rings is 2. The molecule has 0 saturated carbocycles. The molecule has 0 aliphatic carbocycles. The summed E-state index contributed by atoms with van der Waals surface area (Å²) in [6.07, 6.45) is 0.673. The Hall–Kier alpha value is -6.12. The molecule has 2 N–H and O–H groups in total. The third kappa shape index (κ3) is 8.60. The second kappa shape index (κ2) is 17.5. The molecule has 2 atom stereocenters. The Balaban J connectivity index is 0.000000169. The first-order valence-corrected chi connectivity index (χ1v) is 20.5. The maximum atomic E-state index is 14.4. The largest absolute Gasteiger partial charge is 0.340 e. The fourth-order valence-electron chi connectivity index (χ4n) is 9.09. The molecule has 2 aromatic heterocycles. The molecule has 6 aromatic rings. The molecule has 0 unspecified atom stereocenters. The van der Waals surface area contributed by atoms with Crippen LogP contribution in [0.1, 0.15) is 39.8 Å². The van der Waals surface area contributed by atoms with Gasteiger partial charge in [-0.1, -0.05) is 60.7 Å². The standard InChI is InChI=1S/C24H23F2N3O2.C23H23F2N3O2/c1-14-18(24(31)27-20-8-7-19(25)23(26)22(14)20)10-21(30)29-13-16-9-17(29)12-28(16)11-15-5-3-2-4-6-15;1-15-17(23(30)26-19-8-7-18(24)22(25)21(15)19)13-20(29)28-11-9-27(10-12-28)14-16-5-3-2-4-6-16/h2-8,16-17H,9-13H2,1H3,(H,27,31);2-8H,9-14H2,1H3,(H,26,30)/t16-,17-;/m1./s1. The topological polar surface area (TPSA) is 113 Å². The highest BCUT2D eigenvalue weighted by atomic mass is 19.2. The lowest BCUT2D eigenvalue weighted by atomic mass is 10.0. The van der Waals surface area contributed by atoms with E-state index in [1.165, 1.54) is 23.3 Å². The Kier molecular flexibility index (Phi) is 11.9. The molecule has 4 aromatic carbocycles. The second-order valence-electron chi connectivity index (χ2n) is 16.2. The van der Waals surface area contributed by atoms with Gasteiger partial charge in [-0.15, -0.1) is 0 Å². The van der Waals surface area contributed by atoms with Gasteiger partial charge in [-0.3, -0.25) is 29.0 Å². The number of hydrogen-bond acceptors (Lipinski definition) is 6. The number of rotatable bonds is 8. The van der Waals surface area contributed by atoms with Gasteiger partial charge in [-0.2, -0.15) is 0 Å². The van der Waals surface area contributed by atoms with E-state index >= 15 is 0 Å². The highest BCUT2D eigenvalue weighted by Gasteiger charge is 2.45. The van der Waals surface area contributed by atoms with Crippen molar-refractivity contribution in [1.29, 1.82) is 0 Å². The van der Waals surface area contributed by atoms with Gasteiger partial charge in [0, 0.05) is 86.3 Å². The molecule has 10 nitrogen and oxygen atoms in total. The van der Waals surface area contributed by atoms with Crippen molar-refractivity contribution in [3.8, 4) is 0 Å². The fraction of sp³-hybridized carbons (Fsp3) is 0.319. The zero-order valence-electron chi connectivity index (χ0n) is 33.9. The second-order valence-corrected chi connectivity index (χ2v) is 16.2. The number of hydrogen-bond donors (Lipinski definition) is 2. The van der Waals surface area contributed by atoms with Crippen molar-refractivity contribution >= 4 is 33.6 Å². The van der Waals surface area contributed by atoms with E-state index in [-0.39, 0.29) is 63.6 Å². The number of likely N-dealkylation sites (tertiary alicyclic amines) is 2. The summed E-state index contributed by atoms with van der Waals surface area (Å²) in [5.41, 5.74) is 3.07. The van der Waals surface area contributed by atoms with Gasteiger partial charge in [0.25, 0.3) is 11.1 Å². The van der Waals surface area contributed by atoms with Gasteiger partial charge >= 0.3 is 0 Å². The van der Waals surface area contributed by atoms with Crippen molar-refractivity contribution in [2.24, 2.45) is 0 Å². The highest BCUT2D eigenvalue weighted by molar-refractivity contribution is 5.87. The number of aromatic amines is 2. The van der Waals surface area contributed by atoms with Crippen molar-refractivity contribution in [2.45, 2.75) is 58.3 Å². The quantitative estimate of drug-likeness (QED) is 0.178. The van der Waals surface area contributed by atoms with Crippen LogP contribution >= 0.6 is 0 Å². The van der Waals surface area contributed by atoms with Crippen molar-refractivity contribution in [3.63, 3.8) is 0 Å². The minimum atomic E-state index is -1.01. The predicted molar refractivity (Wildman–Crippen MR) is 225 cm³/mol. The fourth-order valence-corrected chi connectivity index (χ4v) is 9.09. The Morgan fingerprint density at radius 1 is 0.607 bits per heavy atom. The van der Waals surface area contributed by atoms with Crippen LogP contribution in [0.3, 0.4) is 0 Å². The minimum absolute atomic E-state index is 0.0186. The highest BCUT2D eigenvalue weighted by Crippen LogP contribution is 2.33. The number of aromatic nitrogens is 2. The molecule has 316 valence electrons. The number of aryl methyl sites for hydroxylation is 2. The lowest BCUT2D eigenvalue weighted by Gasteiger charge is -2.35. The van der Waals surface area contributed by atoms with Gasteiger partial charge in [0.15, 0.2) is 23.3 Å². The average Bonchev–Trinajstić information content (AvgIpc) is 3.86. The van der Waals surface area contributed by atoms with E-state index in [2.05, 4.69) is 44.0 Å². The van der Waals surface area contributed by atoms with Gasteiger partial charge in [0.05, 0.1) is 23.9 Å². The Bertz CT molecular complexity index is 2740. The number of carbonyl (C=O) groups excluding carboxylic acids is 2. The first-order chi connectivity index (χ1) is 29.4. The van der Waals surface area contributed by atoms with Gasteiger partial charge in [-0.25, -0.2) is 17.6 Å². The number of H-pyrrole nitrogens is 2. The van der Waals surface area contributed by atoms with Gasteiger partial charge in [0.1, 0.15) is 0 Å². The Morgan fingerprint density at radius 3 is 1.59 bits per heavy atom. The zero-order valence-corrected chi connectivity index (χ0v) is 33.9. The smallest absolute Gasteiger partial charge is 0.252 e. The minimum Gasteiger partial charge on any atom is -0.340 e. The van der Waals surface area contributed by atoms with Crippen LogP contribution in [-0.4, -0.2) is 92.7 Å². The molecule has 3 aliphatic rings. The normalized spacial score (nSPS) is 17.9. The maximum Gasteiger partial charge on any atom is 0.252 e. The van der Waals surface area contributed by atoms with Crippen LogP contribution in [0.4, 0.5) is 17.6 Å². The molecule has 3 saturated heterocycles. The third-order valence-electron chi connectivity index (χ3n) is 12.4. The van der Waals surface area contributed by atoms with Crippen LogP contribution in [0.5, 0.6) is 0 Å². The first kappa shape index (κ1) is 41.6. The monoisotopic (exact) mass is 834 g/mol. The van der Waals surface area contributed by atoms with E-state index in [4.69, 9.17) is 0 Å². The zero-order chi connectivity index (χ0) is 42.9. The molecule has 3 aliphatic heterocycles. The number of nitrogens with one attached hydrogen (secondary N) is 2. The molecule has 61 heavy (non-hydrogen) atoms. The summed E-state index contributed by atoms with van der Waals surface area (Å²) in [5.74, 6) is -4.29. The summed E-state index contributed by atoms with van der Waals surface area (Å²) < 4.78 is 56.0. The van der Waals surface area contributed by atoms with E-state index in [1.807, 2.05) is 41.3 Å². The van der Waals surface area contributed by atoms with Gasteiger partial charge < -0.3 is 19.8 Å². The van der Waals surface area contributed by atoms with Crippen molar-refractivity contribution in [3.05, 3.63) is 162 Å².